The van der Waals surface area contributed by atoms with Gasteiger partial charge < -0.3 is 5.73 Å². The molecule has 0 aliphatic heterocycles. The number of aromatic nitrogens is 3. The summed E-state index contributed by atoms with van der Waals surface area (Å²) in [6.45, 7) is 9.71. The predicted molar refractivity (Wildman–Crippen MR) is 70.8 cm³/mol. The van der Waals surface area contributed by atoms with Crippen molar-refractivity contribution in [1.29, 1.82) is 0 Å². The van der Waals surface area contributed by atoms with Crippen LogP contribution in [-0.2, 0) is 6.42 Å². The lowest BCUT2D eigenvalue weighted by Gasteiger charge is -1.98. The standard InChI is InChI=1S/C13H16N4/c1-4-6-10-8-12-11(7-5-2)9(3)15-13(14)17(12)16-10/h5,7-8H,2-4,6H2,1H3,(H2,14,15)/b11-7+. The summed E-state index contributed by atoms with van der Waals surface area (Å²) < 4.78 is 1.66. The maximum atomic E-state index is 5.84. The number of nitrogens with two attached hydrogens (primary N) is 1. The average molecular weight is 228 g/mol. The van der Waals surface area contributed by atoms with Gasteiger partial charge in [0.25, 0.3) is 0 Å². The highest BCUT2D eigenvalue weighted by Gasteiger charge is 2.06. The van der Waals surface area contributed by atoms with Gasteiger partial charge in [0.2, 0.25) is 5.95 Å². The lowest BCUT2D eigenvalue weighted by atomic mass is 10.2. The van der Waals surface area contributed by atoms with E-state index in [1.807, 2.05) is 12.1 Å². The molecule has 0 fully saturated rings. The quantitative estimate of drug-likeness (QED) is 0.838. The van der Waals surface area contributed by atoms with Crippen molar-refractivity contribution in [1.82, 2.24) is 14.6 Å². The van der Waals surface area contributed by atoms with Crippen molar-refractivity contribution in [2.24, 2.45) is 0 Å². The number of hydrogen-bond acceptors (Lipinski definition) is 3. The fraction of sp³-hybridized carbons (Fsp3) is 0.231. The minimum atomic E-state index is 0.369. The molecule has 88 valence electrons. The van der Waals surface area contributed by atoms with E-state index in [-0.39, 0.29) is 0 Å². The van der Waals surface area contributed by atoms with E-state index in [0.29, 0.717) is 11.3 Å². The molecule has 2 N–H and O–H groups in total. The number of allylic oxidation sites excluding steroid dienone is 1. The molecule has 0 aliphatic rings. The molecule has 0 aromatic carbocycles. The fourth-order valence-electron chi connectivity index (χ4n) is 1.87. The molecule has 2 heterocycles. The molecule has 0 aliphatic carbocycles. The van der Waals surface area contributed by atoms with Crippen molar-refractivity contribution in [2.45, 2.75) is 19.8 Å². The number of hydrogen-bond donors (Lipinski definition) is 1. The van der Waals surface area contributed by atoms with Crippen LogP contribution in [0.1, 0.15) is 19.0 Å². The fourth-order valence-corrected chi connectivity index (χ4v) is 1.87. The van der Waals surface area contributed by atoms with Crippen LogP contribution in [0.5, 0.6) is 0 Å². The molecular weight excluding hydrogens is 212 g/mol. The first-order valence-corrected chi connectivity index (χ1v) is 5.63. The molecule has 0 atom stereocenters. The molecule has 0 saturated heterocycles. The Morgan fingerprint density at radius 2 is 2.29 bits per heavy atom. The second kappa shape index (κ2) is 4.41. The van der Waals surface area contributed by atoms with E-state index >= 15 is 0 Å². The monoisotopic (exact) mass is 228 g/mol. The Bertz CT molecular complexity index is 667. The number of rotatable bonds is 3. The molecule has 0 saturated carbocycles. The third-order valence-corrected chi connectivity index (χ3v) is 2.60. The first-order valence-electron chi connectivity index (χ1n) is 5.63. The van der Waals surface area contributed by atoms with Crippen molar-refractivity contribution in [3.05, 3.63) is 35.0 Å². The molecule has 2 rings (SSSR count). The maximum Gasteiger partial charge on any atom is 0.222 e. The van der Waals surface area contributed by atoms with Crippen molar-refractivity contribution < 1.29 is 0 Å². The van der Waals surface area contributed by atoms with Crippen molar-refractivity contribution in [2.75, 3.05) is 5.73 Å². The summed E-state index contributed by atoms with van der Waals surface area (Å²) in [4.78, 5) is 4.18. The number of nitrogens with zero attached hydrogens (tertiary/aromatic N) is 3. The number of fused-ring (bicyclic) bond motifs is 1. The van der Waals surface area contributed by atoms with Gasteiger partial charge in [-0.05, 0) is 12.5 Å². The summed E-state index contributed by atoms with van der Waals surface area (Å²) >= 11 is 0. The smallest absolute Gasteiger partial charge is 0.222 e. The van der Waals surface area contributed by atoms with E-state index in [1.54, 1.807) is 10.6 Å². The van der Waals surface area contributed by atoms with Crippen LogP contribution >= 0.6 is 0 Å². The van der Waals surface area contributed by atoms with Crippen LogP contribution < -0.4 is 16.3 Å². The van der Waals surface area contributed by atoms with Gasteiger partial charge in [-0.25, -0.2) is 4.98 Å². The van der Waals surface area contributed by atoms with Crippen LogP contribution in [0.25, 0.3) is 18.2 Å². The van der Waals surface area contributed by atoms with Crippen LogP contribution in [0.4, 0.5) is 5.95 Å². The summed E-state index contributed by atoms with van der Waals surface area (Å²) in [6.07, 6.45) is 5.58. The van der Waals surface area contributed by atoms with Gasteiger partial charge in [0.1, 0.15) is 0 Å². The largest absolute Gasteiger partial charge is 0.368 e. The van der Waals surface area contributed by atoms with E-state index in [1.165, 1.54) is 0 Å². The van der Waals surface area contributed by atoms with E-state index in [2.05, 4.69) is 30.2 Å². The van der Waals surface area contributed by atoms with Crippen molar-refractivity contribution >= 4 is 24.1 Å². The zero-order valence-electron chi connectivity index (χ0n) is 9.98. The van der Waals surface area contributed by atoms with Crippen molar-refractivity contribution in [3.63, 3.8) is 0 Å². The second-order valence-corrected chi connectivity index (χ2v) is 3.92. The lowest BCUT2D eigenvalue weighted by Crippen LogP contribution is -2.30. The van der Waals surface area contributed by atoms with Gasteiger partial charge in [-0.15, -0.1) is 0 Å². The highest BCUT2D eigenvalue weighted by Crippen LogP contribution is 2.06. The van der Waals surface area contributed by atoms with Gasteiger partial charge in [-0.2, -0.15) is 9.61 Å². The molecule has 2 aromatic heterocycles. The Balaban J connectivity index is 2.85. The summed E-state index contributed by atoms with van der Waals surface area (Å²) in [7, 11) is 0. The molecule has 0 unspecified atom stereocenters. The summed E-state index contributed by atoms with van der Waals surface area (Å²) in [6, 6.07) is 2.03. The Labute approximate surface area is 99.8 Å². The van der Waals surface area contributed by atoms with Gasteiger partial charge >= 0.3 is 0 Å². The van der Waals surface area contributed by atoms with Gasteiger partial charge in [0.05, 0.1) is 16.6 Å². The third kappa shape index (κ3) is 1.93. The van der Waals surface area contributed by atoms with Gasteiger partial charge in [-0.1, -0.05) is 38.7 Å². The van der Waals surface area contributed by atoms with Gasteiger partial charge in [-0.3, -0.25) is 0 Å². The highest BCUT2D eigenvalue weighted by molar-refractivity contribution is 5.57. The first-order chi connectivity index (χ1) is 8.17. The van der Waals surface area contributed by atoms with Crippen molar-refractivity contribution in [3.8, 4) is 0 Å². The molecule has 0 bridgehead atoms. The molecule has 17 heavy (non-hydrogen) atoms. The molecular formula is C13H16N4. The molecule has 4 nitrogen and oxygen atoms in total. The van der Waals surface area contributed by atoms with Crippen LogP contribution in [0.3, 0.4) is 0 Å². The number of nitrogen functional groups attached to an aromatic ring is 1. The van der Waals surface area contributed by atoms with E-state index in [4.69, 9.17) is 5.73 Å². The number of aryl methyl sites for hydroxylation is 1. The Morgan fingerprint density at radius 1 is 1.53 bits per heavy atom. The Morgan fingerprint density at radius 3 is 2.94 bits per heavy atom. The number of anilines is 1. The maximum absolute atomic E-state index is 5.84. The molecule has 0 radical (unpaired) electrons. The molecule has 4 heteroatoms. The zero-order chi connectivity index (χ0) is 12.4. The van der Waals surface area contributed by atoms with E-state index in [0.717, 1.165) is 29.3 Å². The minimum absolute atomic E-state index is 0.369. The first kappa shape index (κ1) is 11.4. The summed E-state index contributed by atoms with van der Waals surface area (Å²) in [5.41, 5.74) is 7.80. The molecule has 0 amide bonds. The highest BCUT2D eigenvalue weighted by atomic mass is 15.3. The SMILES string of the molecule is C=C/C=c1\c(=C)nc(N)n2nc(CCC)cc12. The van der Waals surface area contributed by atoms with Crippen LogP contribution in [0, 0.1) is 0 Å². The topological polar surface area (TPSA) is 56.2 Å². The summed E-state index contributed by atoms with van der Waals surface area (Å²) in [5.74, 6) is 0.369. The normalized spacial score (nSPS) is 12.2. The molecule has 2 aromatic rings. The minimum Gasteiger partial charge on any atom is -0.368 e. The van der Waals surface area contributed by atoms with Crippen LogP contribution in [-0.4, -0.2) is 14.6 Å². The second-order valence-electron chi connectivity index (χ2n) is 3.92. The average Bonchev–Trinajstić information content (AvgIpc) is 2.69. The van der Waals surface area contributed by atoms with Gasteiger partial charge in [0.15, 0.2) is 0 Å². The summed E-state index contributed by atoms with van der Waals surface area (Å²) in [5, 5.41) is 6.00. The third-order valence-electron chi connectivity index (χ3n) is 2.60. The predicted octanol–water partition coefficient (Wildman–Crippen LogP) is 0.641. The van der Waals surface area contributed by atoms with Crippen LogP contribution in [0.15, 0.2) is 18.7 Å². The zero-order valence-corrected chi connectivity index (χ0v) is 9.98. The van der Waals surface area contributed by atoms with Crippen LogP contribution in [0.2, 0.25) is 0 Å². The van der Waals surface area contributed by atoms with Gasteiger partial charge in [0, 0.05) is 5.22 Å². The Kier molecular flexibility index (Phi) is 2.95. The van der Waals surface area contributed by atoms with E-state index < -0.39 is 0 Å². The molecule has 0 spiro atoms. The Hall–Kier alpha value is -2.10. The lowest BCUT2D eigenvalue weighted by molar-refractivity contribution is 0.830. The van der Waals surface area contributed by atoms with E-state index in [9.17, 15) is 0 Å².